The van der Waals surface area contributed by atoms with Gasteiger partial charge in [0.25, 0.3) is 0 Å². The van der Waals surface area contributed by atoms with E-state index in [0.717, 1.165) is 12.9 Å². The van der Waals surface area contributed by atoms with Gasteiger partial charge in [0.1, 0.15) is 0 Å². The summed E-state index contributed by atoms with van der Waals surface area (Å²) in [6.07, 6.45) is 0.806. The molecule has 1 aliphatic heterocycles. The van der Waals surface area contributed by atoms with Crippen molar-refractivity contribution in [1.82, 2.24) is 0 Å². The van der Waals surface area contributed by atoms with E-state index in [4.69, 9.17) is 14.0 Å². The van der Waals surface area contributed by atoms with Crippen LogP contribution >= 0.6 is 0 Å². The zero-order valence-corrected chi connectivity index (χ0v) is 9.92. The molecule has 0 spiro atoms. The summed E-state index contributed by atoms with van der Waals surface area (Å²) in [4.78, 5) is 0. The van der Waals surface area contributed by atoms with E-state index in [2.05, 4.69) is 27.7 Å². The smallest absolute Gasteiger partial charge is 0.403 e. The molecule has 1 saturated heterocycles. The predicted octanol–water partition coefficient (Wildman–Crippen LogP) is 2.12. The van der Waals surface area contributed by atoms with E-state index in [1.807, 2.05) is 6.92 Å². The lowest BCUT2D eigenvalue weighted by Gasteiger charge is -2.32. The van der Waals surface area contributed by atoms with Crippen LogP contribution in [0.4, 0.5) is 0 Å². The van der Waals surface area contributed by atoms with Gasteiger partial charge in [-0.2, -0.15) is 0 Å². The molecule has 14 heavy (non-hydrogen) atoms. The highest BCUT2D eigenvalue weighted by atomic mass is 16.7. The molecule has 0 bridgehead atoms. The van der Waals surface area contributed by atoms with Crippen LogP contribution in [-0.2, 0) is 14.0 Å². The molecule has 0 aromatic heterocycles. The van der Waals surface area contributed by atoms with Crippen LogP contribution in [0, 0.1) is 0 Å². The first-order valence-electron chi connectivity index (χ1n) is 5.32. The fraction of sp³-hybridized carbons (Fsp3) is 1.00. The Morgan fingerprint density at radius 1 is 1.07 bits per heavy atom. The Labute approximate surface area is 87.3 Å². The summed E-state index contributed by atoms with van der Waals surface area (Å²) < 4.78 is 16.9. The van der Waals surface area contributed by atoms with Gasteiger partial charge < -0.3 is 14.0 Å². The van der Waals surface area contributed by atoms with E-state index in [9.17, 15) is 0 Å². The molecule has 3 nitrogen and oxygen atoms in total. The molecule has 0 radical (unpaired) electrons. The van der Waals surface area contributed by atoms with Gasteiger partial charge >= 0.3 is 7.12 Å². The van der Waals surface area contributed by atoms with Gasteiger partial charge in [-0.1, -0.05) is 0 Å². The molecule has 0 N–H and O–H groups in total. The maximum atomic E-state index is 5.81. The largest absolute Gasteiger partial charge is 0.460 e. The molecule has 0 unspecified atom stereocenters. The van der Waals surface area contributed by atoms with Crippen LogP contribution < -0.4 is 0 Å². The van der Waals surface area contributed by atoms with Crippen LogP contribution in [0.1, 0.15) is 34.6 Å². The fourth-order valence-electron chi connectivity index (χ4n) is 1.41. The van der Waals surface area contributed by atoms with Crippen molar-refractivity contribution in [2.75, 3.05) is 13.2 Å². The van der Waals surface area contributed by atoms with E-state index in [-0.39, 0.29) is 18.3 Å². The van der Waals surface area contributed by atoms with Crippen molar-refractivity contribution in [3.63, 3.8) is 0 Å². The van der Waals surface area contributed by atoms with Crippen LogP contribution in [-0.4, -0.2) is 31.5 Å². The lowest BCUT2D eigenvalue weighted by Crippen LogP contribution is -2.41. The fourth-order valence-corrected chi connectivity index (χ4v) is 1.41. The van der Waals surface area contributed by atoms with Gasteiger partial charge in [0.05, 0.1) is 11.2 Å². The molecule has 1 heterocycles. The first-order chi connectivity index (χ1) is 6.39. The zero-order chi connectivity index (χ0) is 10.8. The molecule has 0 aromatic carbocycles. The Morgan fingerprint density at radius 2 is 1.57 bits per heavy atom. The third-order valence-electron chi connectivity index (χ3n) is 3.00. The molecule has 0 saturated carbocycles. The van der Waals surface area contributed by atoms with Crippen molar-refractivity contribution in [2.45, 2.75) is 52.1 Å². The van der Waals surface area contributed by atoms with Gasteiger partial charge in [-0.05, 0) is 34.6 Å². The third-order valence-corrected chi connectivity index (χ3v) is 3.00. The number of ether oxygens (including phenoxy) is 1. The summed E-state index contributed by atoms with van der Waals surface area (Å²) in [5, 5.41) is 0. The van der Waals surface area contributed by atoms with Crippen LogP contribution in [0.5, 0.6) is 0 Å². The Kier molecular flexibility index (Phi) is 3.61. The Morgan fingerprint density at radius 3 is 2.00 bits per heavy atom. The van der Waals surface area contributed by atoms with E-state index in [0.29, 0.717) is 6.61 Å². The standard InChI is InChI=1S/C10H21BO3/c1-6-12-8-7-11-13-9(2,3)10(4,5)14-11/h6-8H2,1-5H3. The van der Waals surface area contributed by atoms with Crippen LogP contribution in [0.15, 0.2) is 0 Å². The lowest BCUT2D eigenvalue weighted by molar-refractivity contribution is 0.00578. The second kappa shape index (κ2) is 4.21. The minimum atomic E-state index is -0.218. The molecule has 0 aromatic rings. The van der Waals surface area contributed by atoms with Gasteiger partial charge in [0.2, 0.25) is 0 Å². The monoisotopic (exact) mass is 200 g/mol. The number of rotatable bonds is 4. The molecule has 1 aliphatic rings. The molecular formula is C10H21BO3. The second-order valence-electron chi connectivity index (χ2n) is 4.67. The Balaban J connectivity index is 2.39. The normalized spacial score (nSPS) is 24.2. The van der Waals surface area contributed by atoms with Crippen molar-refractivity contribution in [3.05, 3.63) is 0 Å². The van der Waals surface area contributed by atoms with Crippen molar-refractivity contribution in [3.8, 4) is 0 Å². The average molecular weight is 200 g/mol. The quantitative estimate of drug-likeness (QED) is 0.513. The summed E-state index contributed by atoms with van der Waals surface area (Å²) in [5.74, 6) is 0. The van der Waals surface area contributed by atoms with Crippen molar-refractivity contribution in [2.24, 2.45) is 0 Å². The number of hydrogen-bond donors (Lipinski definition) is 0. The highest BCUT2D eigenvalue weighted by Gasteiger charge is 2.50. The molecular weight excluding hydrogens is 179 g/mol. The van der Waals surface area contributed by atoms with Crippen LogP contribution in [0.25, 0.3) is 0 Å². The molecule has 82 valence electrons. The van der Waals surface area contributed by atoms with Gasteiger partial charge in [0.15, 0.2) is 0 Å². The first-order valence-corrected chi connectivity index (χ1v) is 5.32. The Bertz CT molecular complexity index is 176. The van der Waals surface area contributed by atoms with E-state index >= 15 is 0 Å². The highest BCUT2D eigenvalue weighted by molar-refractivity contribution is 6.45. The van der Waals surface area contributed by atoms with Gasteiger partial charge in [-0.25, -0.2) is 0 Å². The molecule has 0 aliphatic carbocycles. The summed E-state index contributed by atoms with van der Waals surface area (Å²) in [7, 11) is -0.119. The van der Waals surface area contributed by atoms with Crippen LogP contribution in [0.2, 0.25) is 6.32 Å². The van der Waals surface area contributed by atoms with Crippen molar-refractivity contribution in [1.29, 1.82) is 0 Å². The molecule has 1 fully saturated rings. The molecule has 1 rings (SSSR count). The maximum Gasteiger partial charge on any atom is 0.460 e. The molecule has 4 heteroatoms. The van der Waals surface area contributed by atoms with Crippen LogP contribution in [0.3, 0.4) is 0 Å². The van der Waals surface area contributed by atoms with E-state index < -0.39 is 0 Å². The highest BCUT2D eigenvalue weighted by Crippen LogP contribution is 2.37. The minimum absolute atomic E-state index is 0.119. The summed E-state index contributed by atoms with van der Waals surface area (Å²) >= 11 is 0. The summed E-state index contributed by atoms with van der Waals surface area (Å²) in [6.45, 7) is 11.7. The van der Waals surface area contributed by atoms with Gasteiger partial charge in [0, 0.05) is 19.5 Å². The topological polar surface area (TPSA) is 27.7 Å². The SMILES string of the molecule is CCOCCB1OC(C)(C)C(C)(C)O1. The van der Waals surface area contributed by atoms with Gasteiger partial charge in [-0.3, -0.25) is 0 Å². The first kappa shape index (κ1) is 12.0. The second-order valence-corrected chi connectivity index (χ2v) is 4.67. The lowest BCUT2D eigenvalue weighted by atomic mass is 9.86. The predicted molar refractivity (Wildman–Crippen MR) is 57.4 cm³/mol. The average Bonchev–Trinajstić information content (AvgIpc) is 2.21. The van der Waals surface area contributed by atoms with E-state index in [1.165, 1.54) is 0 Å². The number of hydrogen-bond acceptors (Lipinski definition) is 3. The summed E-state index contributed by atoms with van der Waals surface area (Å²) in [6, 6.07) is 0. The van der Waals surface area contributed by atoms with Gasteiger partial charge in [-0.15, -0.1) is 0 Å². The van der Waals surface area contributed by atoms with Crippen molar-refractivity contribution < 1.29 is 14.0 Å². The third kappa shape index (κ3) is 2.50. The molecule has 0 amide bonds. The molecule has 0 atom stereocenters. The minimum Gasteiger partial charge on any atom is -0.403 e. The summed E-state index contributed by atoms with van der Waals surface area (Å²) in [5.41, 5.74) is -0.437. The zero-order valence-electron chi connectivity index (χ0n) is 9.92. The van der Waals surface area contributed by atoms with Crippen molar-refractivity contribution >= 4 is 7.12 Å². The van der Waals surface area contributed by atoms with E-state index in [1.54, 1.807) is 0 Å². The maximum absolute atomic E-state index is 5.81. The Hall–Kier alpha value is -0.0551.